The molecule has 1 saturated carbocycles. The predicted octanol–water partition coefficient (Wildman–Crippen LogP) is 5.41. The summed E-state index contributed by atoms with van der Waals surface area (Å²) in [5.74, 6) is -2.94. The van der Waals surface area contributed by atoms with Crippen molar-refractivity contribution in [2.75, 3.05) is 0 Å². The minimum atomic E-state index is -1.13. The standard InChI is InChI=1S/C39H53N7O7S2/c1-3-4-5-6-7-8-9-10-11-12-13-14-31(48)42-26(20-30(40)47)35(50)41-24(2)15-16-29-34-25(39(17-18-39)45-36(34)51)19-33(49)46(29)21-32-43-27(22-54-32)37-44-28(23-55-37)38(52)53/h19,22-24,26H,3-18,20-21H2,1-2H3,(H2,40,47)(H,41,50)(H,42,48)(H,45,51)(H,52,53)/t24-,26+/m0/s1. The summed E-state index contributed by atoms with van der Waals surface area (Å²) in [6.07, 6.45) is 14.7. The number of carboxylic acid groups (broad SMARTS) is 1. The molecule has 55 heavy (non-hydrogen) atoms. The maximum atomic E-state index is 13.7. The molecule has 1 aliphatic heterocycles. The minimum Gasteiger partial charge on any atom is -0.476 e. The Morgan fingerprint density at radius 3 is 2.25 bits per heavy atom. The van der Waals surface area contributed by atoms with Crippen LogP contribution in [0.15, 0.2) is 21.6 Å². The summed E-state index contributed by atoms with van der Waals surface area (Å²) in [6, 6.07) is -0.0508. The Morgan fingerprint density at radius 2 is 1.64 bits per heavy atom. The number of hydrogen-bond acceptors (Lipinski definition) is 10. The molecule has 0 bridgehead atoms. The Bertz CT molecular complexity index is 1920. The molecule has 3 aromatic heterocycles. The second-order valence-electron chi connectivity index (χ2n) is 14.8. The SMILES string of the molecule is CCCCCCCCCCCCCC(=O)N[C@H](CC(N)=O)C(=O)N[C@@H](C)CCc1c2c(cc(=O)n1Cc1nc(-c3nc(C(=O)O)cs3)cs1)C1(CC1)NC2=O. The van der Waals surface area contributed by atoms with Gasteiger partial charge in [0.05, 0.1) is 24.1 Å². The molecule has 0 radical (unpaired) electrons. The highest BCUT2D eigenvalue weighted by molar-refractivity contribution is 7.14. The highest BCUT2D eigenvalue weighted by Crippen LogP contribution is 2.50. The van der Waals surface area contributed by atoms with Gasteiger partial charge in [0, 0.05) is 35.0 Å². The number of fused-ring (bicyclic) bond motifs is 2. The molecule has 14 nitrogen and oxygen atoms in total. The summed E-state index contributed by atoms with van der Waals surface area (Å²) in [4.78, 5) is 85.1. The lowest BCUT2D eigenvalue weighted by atomic mass is 9.98. The molecule has 1 aliphatic carbocycles. The summed E-state index contributed by atoms with van der Waals surface area (Å²) in [7, 11) is 0. The average Bonchev–Trinajstić information content (AvgIpc) is 3.42. The monoisotopic (exact) mass is 795 g/mol. The Kier molecular flexibility index (Phi) is 14.7. The van der Waals surface area contributed by atoms with Crippen LogP contribution in [-0.4, -0.2) is 61.3 Å². The molecule has 5 rings (SSSR count). The van der Waals surface area contributed by atoms with Gasteiger partial charge in [-0.25, -0.2) is 14.8 Å². The van der Waals surface area contributed by atoms with Gasteiger partial charge in [-0.05, 0) is 44.6 Å². The lowest BCUT2D eigenvalue weighted by Gasteiger charge is -2.22. The first-order chi connectivity index (χ1) is 26.4. The van der Waals surface area contributed by atoms with Crippen LogP contribution in [0.2, 0.25) is 0 Å². The van der Waals surface area contributed by atoms with Crippen molar-refractivity contribution in [2.24, 2.45) is 5.73 Å². The van der Waals surface area contributed by atoms with E-state index in [-0.39, 0.29) is 48.9 Å². The van der Waals surface area contributed by atoms with Crippen molar-refractivity contribution in [3.63, 3.8) is 0 Å². The van der Waals surface area contributed by atoms with E-state index < -0.39 is 35.4 Å². The van der Waals surface area contributed by atoms with Crippen LogP contribution >= 0.6 is 22.7 Å². The fourth-order valence-corrected chi connectivity index (χ4v) is 8.72. The molecule has 4 amide bonds. The number of pyridine rings is 1. The van der Waals surface area contributed by atoms with Crippen LogP contribution in [0.1, 0.15) is 154 Å². The van der Waals surface area contributed by atoms with Crippen LogP contribution in [0.4, 0.5) is 0 Å². The number of nitrogens with two attached hydrogens (primary N) is 1. The van der Waals surface area contributed by atoms with E-state index in [1.165, 1.54) is 72.3 Å². The van der Waals surface area contributed by atoms with Gasteiger partial charge >= 0.3 is 5.97 Å². The van der Waals surface area contributed by atoms with Crippen molar-refractivity contribution < 1.29 is 29.1 Å². The number of primary amides is 1. The molecule has 0 aromatic carbocycles. The van der Waals surface area contributed by atoms with Crippen LogP contribution in [0.25, 0.3) is 10.7 Å². The molecule has 16 heteroatoms. The van der Waals surface area contributed by atoms with E-state index >= 15 is 0 Å². The van der Waals surface area contributed by atoms with E-state index in [4.69, 9.17) is 5.73 Å². The number of aromatic nitrogens is 3. The summed E-state index contributed by atoms with van der Waals surface area (Å²) in [6.45, 7) is 4.08. The molecule has 4 heterocycles. The first-order valence-corrected chi connectivity index (χ1v) is 21.3. The molecule has 298 valence electrons. The zero-order chi connectivity index (χ0) is 39.5. The Balaban J connectivity index is 1.18. The van der Waals surface area contributed by atoms with Crippen LogP contribution in [0, 0.1) is 0 Å². The minimum absolute atomic E-state index is 0.0733. The second kappa shape index (κ2) is 19.4. The van der Waals surface area contributed by atoms with Gasteiger partial charge in [-0.15, -0.1) is 22.7 Å². The summed E-state index contributed by atoms with van der Waals surface area (Å²) in [5, 5.41) is 22.1. The summed E-state index contributed by atoms with van der Waals surface area (Å²) in [5.41, 5.74) is 6.74. The Morgan fingerprint density at radius 1 is 0.964 bits per heavy atom. The molecule has 0 unspecified atom stereocenters. The third kappa shape index (κ3) is 11.3. The smallest absolute Gasteiger partial charge is 0.355 e. The van der Waals surface area contributed by atoms with Crippen LogP contribution < -0.4 is 27.2 Å². The molecule has 2 atom stereocenters. The molecule has 1 spiro atoms. The number of hydrogen-bond donors (Lipinski definition) is 5. The lowest BCUT2D eigenvalue weighted by molar-refractivity contribution is -0.131. The molecule has 6 N–H and O–H groups in total. The van der Waals surface area contributed by atoms with Crippen LogP contribution in [0.3, 0.4) is 0 Å². The zero-order valence-corrected chi connectivity index (χ0v) is 33.4. The van der Waals surface area contributed by atoms with Crippen molar-refractivity contribution in [1.29, 1.82) is 0 Å². The number of aromatic carboxylic acids is 1. The van der Waals surface area contributed by atoms with E-state index in [1.54, 1.807) is 12.3 Å². The average molecular weight is 796 g/mol. The Hall–Kier alpha value is -4.44. The zero-order valence-electron chi connectivity index (χ0n) is 31.7. The van der Waals surface area contributed by atoms with Gasteiger partial charge in [0.15, 0.2) is 5.69 Å². The normalized spacial score (nSPS) is 15.0. The van der Waals surface area contributed by atoms with Gasteiger partial charge in [0.1, 0.15) is 21.8 Å². The molecular weight excluding hydrogens is 743 g/mol. The maximum absolute atomic E-state index is 13.7. The quantitative estimate of drug-likeness (QED) is 0.0733. The van der Waals surface area contributed by atoms with Crippen molar-refractivity contribution in [2.45, 2.75) is 147 Å². The molecule has 3 aromatic rings. The van der Waals surface area contributed by atoms with Gasteiger partial charge in [0.2, 0.25) is 17.7 Å². The number of amides is 4. The highest BCUT2D eigenvalue weighted by Gasteiger charge is 2.53. The predicted molar refractivity (Wildman–Crippen MR) is 211 cm³/mol. The van der Waals surface area contributed by atoms with Crippen LogP contribution in [0.5, 0.6) is 0 Å². The van der Waals surface area contributed by atoms with Gasteiger partial charge in [-0.3, -0.25) is 24.0 Å². The molecule has 1 fully saturated rings. The van der Waals surface area contributed by atoms with Gasteiger partial charge in [-0.1, -0.05) is 71.1 Å². The number of nitrogens with one attached hydrogen (secondary N) is 3. The number of carboxylic acids is 1. The van der Waals surface area contributed by atoms with Crippen molar-refractivity contribution in [3.8, 4) is 10.7 Å². The third-order valence-corrected chi connectivity index (χ3v) is 12.0. The van der Waals surface area contributed by atoms with Crippen molar-refractivity contribution >= 4 is 52.3 Å². The molecular formula is C39H53N7O7S2. The fraction of sp³-hybridized carbons (Fsp3) is 0.590. The van der Waals surface area contributed by atoms with E-state index in [0.717, 1.165) is 43.4 Å². The highest BCUT2D eigenvalue weighted by atomic mass is 32.1. The van der Waals surface area contributed by atoms with Crippen molar-refractivity contribution in [1.82, 2.24) is 30.5 Å². The Labute approximate surface area is 329 Å². The van der Waals surface area contributed by atoms with Gasteiger partial charge < -0.3 is 31.4 Å². The number of unbranched alkanes of at least 4 members (excludes halogenated alkanes) is 10. The first kappa shape index (κ1) is 41.7. The summed E-state index contributed by atoms with van der Waals surface area (Å²) >= 11 is 2.46. The fourth-order valence-electron chi connectivity index (χ4n) is 7.13. The topological polar surface area (TPSA) is 215 Å². The number of carbonyl (C=O) groups excluding carboxylic acids is 4. The molecule has 0 saturated heterocycles. The lowest BCUT2D eigenvalue weighted by Crippen LogP contribution is -2.50. The van der Waals surface area contributed by atoms with E-state index in [2.05, 4.69) is 32.8 Å². The van der Waals surface area contributed by atoms with Gasteiger partial charge in [-0.2, -0.15) is 0 Å². The first-order valence-electron chi connectivity index (χ1n) is 19.5. The van der Waals surface area contributed by atoms with Gasteiger partial charge in [0.25, 0.3) is 11.5 Å². The number of thiazole rings is 2. The van der Waals surface area contributed by atoms with E-state index in [1.807, 2.05) is 0 Å². The number of carbonyl (C=O) groups is 5. The van der Waals surface area contributed by atoms with E-state index in [9.17, 15) is 33.9 Å². The number of nitrogens with zero attached hydrogens (tertiary/aromatic N) is 3. The molecule has 2 aliphatic rings. The largest absolute Gasteiger partial charge is 0.476 e. The number of rotatable bonds is 24. The maximum Gasteiger partial charge on any atom is 0.355 e. The third-order valence-electron chi connectivity index (χ3n) is 10.3. The summed E-state index contributed by atoms with van der Waals surface area (Å²) < 4.78 is 1.53. The van der Waals surface area contributed by atoms with Crippen molar-refractivity contribution in [3.05, 3.63) is 54.7 Å². The van der Waals surface area contributed by atoms with Crippen LogP contribution in [-0.2, 0) is 32.9 Å². The second-order valence-corrected chi connectivity index (χ2v) is 16.6. The van der Waals surface area contributed by atoms with E-state index in [0.29, 0.717) is 45.4 Å².